The average molecular weight is 226 g/mol. The fourth-order valence-electron chi connectivity index (χ4n) is 1.81. The summed E-state index contributed by atoms with van der Waals surface area (Å²) in [5, 5.41) is 9.46. The van der Waals surface area contributed by atoms with Crippen LogP contribution in [0.4, 0.5) is 0 Å². The van der Waals surface area contributed by atoms with Gasteiger partial charge in [0.1, 0.15) is 5.75 Å². The van der Waals surface area contributed by atoms with Gasteiger partial charge in [0.05, 0.1) is 0 Å². The number of phenolic OH excluding ortho intramolecular Hbond substituents is 1. The third kappa shape index (κ3) is 2.94. The van der Waals surface area contributed by atoms with Crippen LogP contribution in [0.25, 0.3) is 0 Å². The summed E-state index contributed by atoms with van der Waals surface area (Å²) in [5.41, 5.74) is 2.44. The maximum atomic E-state index is 12.0. The van der Waals surface area contributed by atoms with E-state index in [-0.39, 0.29) is 11.5 Å². The van der Waals surface area contributed by atoms with Crippen molar-refractivity contribution in [3.63, 3.8) is 0 Å². The van der Waals surface area contributed by atoms with E-state index in [1.165, 1.54) is 6.07 Å². The lowest BCUT2D eigenvalue weighted by molar-refractivity contribution is 0.0992. The Kier molecular flexibility index (Phi) is 3.24. The molecule has 0 bridgehead atoms. The molecule has 0 fully saturated rings. The van der Waals surface area contributed by atoms with Gasteiger partial charge >= 0.3 is 0 Å². The Morgan fingerprint density at radius 3 is 2.47 bits per heavy atom. The molecule has 0 heterocycles. The Hall–Kier alpha value is -2.09. The van der Waals surface area contributed by atoms with Gasteiger partial charge in [-0.15, -0.1) is 0 Å². The number of carbonyl (C=O) groups is 1. The highest BCUT2D eigenvalue weighted by atomic mass is 16.3. The highest BCUT2D eigenvalue weighted by Crippen LogP contribution is 2.16. The molecular formula is C15H14O2. The van der Waals surface area contributed by atoms with Gasteiger partial charge in [-0.05, 0) is 36.2 Å². The Bertz CT molecular complexity index is 510. The van der Waals surface area contributed by atoms with Gasteiger partial charge in [0.15, 0.2) is 5.78 Å². The predicted octanol–water partition coefficient (Wildman–Crippen LogP) is 3.13. The van der Waals surface area contributed by atoms with E-state index in [9.17, 15) is 9.90 Å². The topological polar surface area (TPSA) is 37.3 Å². The molecule has 86 valence electrons. The number of ketones is 1. The number of carbonyl (C=O) groups excluding carboxylic acids is 1. The van der Waals surface area contributed by atoms with Crippen molar-refractivity contribution in [2.24, 2.45) is 0 Å². The first kappa shape index (κ1) is 11.4. The summed E-state index contributed by atoms with van der Waals surface area (Å²) in [6.45, 7) is 1.86. The minimum atomic E-state index is 0.0233. The number of hydrogen-bond acceptors (Lipinski definition) is 2. The van der Waals surface area contributed by atoms with Crippen molar-refractivity contribution in [3.8, 4) is 5.75 Å². The van der Waals surface area contributed by atoms with Crippen molar-refractivity contribution < 1.29 is 9.90 Å². The largest absolute Gasteiger partial charge is 0.508 e. The van der Waals surface area contributed by atoms with Crippen LogP contribution in [0, 0.1) is 6.92 Å². The van der Waals surface area contributed by atoms with E-state index >= 15 is 0 Å². The van der Waals surface area contributed by atoms with Crippen molar-refractivity contribution in [3.05, 3.63) is 65.2 Å². The molecule has 0 radical (unpaired) electrons. The quantitative estimate of drug-likeness (QED) is 0.816. The molecule has 2 aromatic carbocycles. The Labute approximate surface area is 101 Å². The zero-order valence-electron chi connectivity index (χ0n) is 9.68. The van der Waals surface area contributed by atoms with Crippen LogP contribution < -0.4 is 0 Å². The Morgan fingerprint density at radius 1 is 1.12 bits per heavy atom. The summed E-state index contributed by atoms with van der Waals surface area (Å²) in [4.78, 5) is 12.0. The van der Waals surface area contributed by atoms with Gasteiger partial charge in [0.25, 0.3) is 0 Å². The maximum absolute atomic E-state index is 12.0. The smallest absolute Gasteiger partial charge is 0.167 e. The number of rotatable bonds is 3. The normalized spacial score (nSPS) is 10.2. The highest BCUT2D eigenvalue weighted by molar-refractivity contribution is 5.98. The number of aromatic hydroxyl groups is 1. The SMILES string of the molecule is Cc1cc(O)cc(C(=O)Cc2ccccc2)c1. The molecule has 0 saturated carbocycles. The Morgan fingerprint density at radius 2 is 1.82 bits per heavy atom. The van der Waals surface area contributed by atoms with E-state index in [2.05, 4.69) is 0 Å². The second-order valence-corrected chi connectivity index (χ2v) is 4.14. The van der Waals surface area contributed by atoms with Gasteiger partial charge in [-0.2, -0.15) is 0 Å². The van der Waals surface area contributed by atoms with Crippen LogP contribution in [0.2, 0.25) is 0 Å². The maximum Gasteiger partial charge on any atom is 0.167 e. The minimum absolute atomic E-state index is 0.0233. The fraction of sp³-hybridized carbons (Fsp3) is 0.133. The number of Topliss-reactive ketones (excluding diaryl/α,β-unsaturated/α-hetero) is 1. The van der Waals surface area contributed by atoms with E-state index in [0.29, 0.717) is 12.0 Å². The first-order valence-electron chi connectivity index (χ1n) is 5.53. The monoisotopic (exact) mass is 226 g/mol. The van der Waals surface area contributed by atoms with Crippen molar-refractivity contribution in [2.75, 3.05) is 0 Å². The van der Waals surface area contributed by atoms with Gasteiger partial charge < -0.3 is 5.11 Å². The molecule has 0 atom stereocenters. The van der Waals surface area contributed by atoms with Crippen LogP contribution in [0.3, 0.4) is 0 Å². The molecular weight excluding hydrogens is 212 g/mol. The second-order valence-electron chi connectivity index (χ2n) is 4.14. The van der Waals surface area contributed by atoms with Gasteiger partial charge in [-0.3, -0.25) is 4.79 Å². The Balaban J connectivity index is 2.20. The third-order valence-corrected chi connectivity index (χ3v) is 2.59. The first-order valence-corrected chi connectivity index (χ1v) is 5.53. The standard InChI is InChI=1S/C15H14O2/c1-11-7-13(10-14(16)8-11)15(17)9-12-5-3-2-4-6-12/h2-8,10,16H,9H2,1H3. The molecule has 0 saturated heterocycles. The highest BCUT2D eigenvalue weighted by Gasteiger charge is 2.08. The molecule has 0 aliphatic carbocycles. The molecule has 2 aromatic rings. The molecule has 17 heavy (non-hydrogen) atoms. The van der Waals surface area contributed by atoms with Crippen molar-refractivity contribution >= 4 is 5.78 Å². The van der Waals surface area contributed by atoms with E-state index in [4.69, 9.17) is 0 Å². The van der Waals surface area contributed by atoms with Crippen LogP contribution in [0.15, 0.2) is 48.5 Å². The first-order chi connectivity index (χ1) is 8.15. The van der Waals surface area contributed by atoms with Crippen molar-refractivity contribution in [1.29, 1.82) is 0 Å². The molecule has 2 heteroatoms. The summed E-state index contributed by atoms with van der Waals surface area (Å²) in [5.74, 6) is 0.164. The second kappa shape index (κ2) is 4.83. The zero-order valence-corrected chi connectivity index (χ0v) is 9.68. The molecule has 0 aliphatic rings. The summed E-state index contributed by atoms with van der Waals surface area (Å²) < 4.78 is 0. The van der Waals surface area contributed by atoms with Gasteiger partial charge in [-0.1, -0.05) is 30.3 Å². The molecule has 2 rings (SSSR count). The van der Waals surface area contributed by atoms with Gasteiger partial charge in [-0.25, -0.2) is 0 Å². The molecule has 1 N–H and O–H groups in total. The lowest BCUT2D eigenvalue weighted by Gasteiger charge is -2.04. The molecule has 2 nitrogen and oxygen atoms in total. The van der Waals surface area contributed by atoms with E-state index < -0.39 is 0 Å². The van der Waals surface area contributed by atoms with E-state index in [1.807, 2.05) is 37.3 Å². The van der Waals surface area contributed by atoms with Crippen LogP contribution in [-0.2, 0) is 6.42 Å². The van der Waals surface area contributed by atoms with Gasteiger partial charge in [0, 0.05) is 12.0 Å². The zero-order chi connectivity index (χ0) is 12.3. The molecule has 0 aromatic heterocycles. The summed E-state index contributed by atoms with van der Waals surface area (Å²) in [6.07, 6.45) is 0.365. The van der Waals surface area contributed by atoms with Crippen molar-refractivity contribution in [2.45, 2.75) is 13.3 Å². The number of hydrogen-bond donors (Lipinski definition) is 1. The van der Waals surface area contributed by atoms with Crippen LogP contribution in [0.1, 0.15) is 21.5 Å². The van der Waals surface area contributed by atoms with Crippen LogP contribution in [-0.4, -0.2) is 10.9 Å². The molecule has 0 unspecified atom stereocenters. The fourth-order valence-corrected chi connectivity index (χ4v) is 1.81. The number of aryl methyl sites for hydroxylation is 1. The number of phenols is 1. The average Bonchev–Trinajstić information content (AvgIpc) is 2.29. The summed E-state index contributed by atoms with van der Waals surface area (Å²) in [7, 11) is 0. The molecule has 0 spiro atoms. The lowest BCUT2D eigenvalue weighted by atomic mass is 10.0. The lowest BCUT2D eigenvalue weighted by Crippen LogP contribution is -2.03. The van der Waals surface area contributed by atoms with E-state index in [0.717, 1.165) is 11.1 Å². The number of benzene rings is 2. The molecule has 0 amide bonds. The summed E-state index contributed by atoms with van der Waals surface area (Å²) >= 11 is 0. The minimum Gasteiger partial charge on any atom is -0.508 e. The van der Waals surface area contributed by atoms with Crippen molar-refractivity contribution in [1.82, 2.24) is 0 Å². The van der Waals surface area contributed by atoms with Crippen LogP contribution >= 0.6 is 0 Å². The van der Waals surface area contributed by atoms with E-state index in [1.54, 1.807) is 12.1 Å². The summed E-state index contributed by atoms with van der Waals surface area (Å²) in [6, 6.07) is 14.5. The van der Waals surface area contributed by atoms with Crippen LogP contribution in [0.5, 0.6) is 5.75 Å². The predicted molar refractivity (Wildman–Crippen MR) is 67.3 cm³/mol. The third-order valence-electron chi connectivity index (χ3n) is 2.59. The molecule has 0 aliphatic heterocycles. The van der Waals surface area contributed by atoms with Gasteiger partial charge in [0.2, 0.25) is 0 Å².